The summed E-state index contributed by atoms with van der Waals surface area (Å²) >= 11 is 1.68. The molecule has 17 nitrogen and oxygen atoms in total. The van der Waals surface area contributed by atoms with Crippen LogP contribution in [0.4, 0.5) is 0 Å². The van der Waals surface area contributed by atoms with Gasteiger partial charge in [-0.2, -0.15) is 0 Å². The number of nitrogens with two attached hydrogens (primary N) is 1. The minimum Gasteiger partial charge on any atom is -0.347 e. The molecule has 0 aliphatic rings. The fourth-order valence-electron chi connectivity index (χ4n) is 3.75. The van der Waals surface area contributed by atoms with E-state index in [0.29, 0.717) is 17.5 Å². The first-order valence-electron chi connectivity index (χ1n) is 17.1. The van der Waals surface area contributed by atoms with Crippen LogP contribution in [0.1, 0.15) is 53.3 Å². The molecule has 0 atom stereocenters. The number of hydrogen-bond acceptors (Lipinski definition) is 13. The number of thioether (sulfide) groups is 2. The second-order valence-corrected chi connectivity index (χ2v) is 13.2. The Morgan fingerprint density at radius 1 is 0.473 bits per heavy atom. The highest BCUT2D eigenvalue weighted by Gasteiger charge is 2.14. The zero-order chi connectivity index (χ0) is 40.8. The molecule has 0 saturated heterocycles. The second-order valence-electron chi connectivity index (χ2n) is 11.3. The lowest BCUT2D eigenvalue weighted by molar-refractivity contribution is -0.128. The maximum atomic E-state index is 11.9. The van der Waals surface area contributed by atoms with Gasteiger partial charge in [-0.05, 0) is 13.0 Å². The summed E-state index contributed by atoms with van der Waals surface area (Å²) in [4.78, 5) is 116. The summed E-state index contributed by atoms with van der Waals surface area (Å²) in [7, 11) is 0. The van der Waals surface area contributed by atoms with E-state index in [2.05, 4.69) is 31.9 Å². The third kappa shape index (κ3) is 24.5. The molecule has 8 N–H and O–H groups in total. The number of hydrogen-bond donors (Lipinski definition) is 7. The van der Waals surface area contributed by atoms with Crippen molar-refractivity contribution in [2.24, 2.45) is 5.73 Å². The van der Waals surface area contributed by atoms with Crippen LogP contribution in [0.3, 0.4) is 0 Å². The van der Waals surface area contributed by atoms with Crippen molar-refractivity contribution in [3.63, 3.8) is 0 Å². The molecule has 2 rings (SSSR count). The van der Waals surface area contributed by atoms with E-state index in [9.17, 15) is 47.9 Å². The van der Waals surface area contributed by atoms with Gasteiger partial charge in [0.25, 0.3) is 0 Å². The van der Waals surface area contributed by atoms with Gasteiger partial charge >= 0.3 is 0 Å². The van der Waals surface area contributed by atoms with E-state index in [1.807, 2.05) is 6.92 Å². The SMILES string of the molecule is CCCCC(=O)CNC(=O)CNC(=O)CNC(=O)CSC(=O)c1ccccc1.NCCC(=O)CNC(=O)CNC(=O)CNC(=O)CSC(=O)c1ccccc1. The molecular formula is C36H47N7O10S2. The predicted molar refractivity (Wildman–Crippen MR) is 208 cm³/mol. The molecule has 0 heterocycles. The Balaban J connectivity index is 0.000000550. The van der Waals surface area contributed by atoms with Crippen LogP contribution in [0.5, 0.6) is 0 Å². The first-order valence-corrected chi connectivity index (χ1v) is 19.1. The lowest BCUT2D eigenvalue weighted by Crippen LogP contribution is -2.43. The van der Waals surface area contributed by atoms with Gasteiger partial charge in [0.15, 0.2) is 11.6 Å². The summed E-state index contributed by atoms with van der Waals surface area (Å²) < 4.78 is 0. The van der Waals surface area contributed by atoms with E-state index >= 15 is 0 Å². The molecule has 0 fully saturated rings. The summed E-state index contributed by atoms with van der Waals surface area (Å²) in [5.74, 6) is -3.54. The van der Waals surface area contributed by atoms with E-state index in [0.717, 1.165) is 36.4 Å². The largest absolute Gasteiger partial charge is 0.347 e. The van der Waals surface area contributed by atoms with Crippen molar-refractivity contribution in [2.75, 3.05) is 57.3 Å². The normalized spacial score (nSPS) is 10.0. The lowest BCUT2D eigenvalue weighted by atomic mass is 10.2. The molecule has 2 aromatic carbocycles. The zero-order valence-corrected chi connectivity index (χ0v) is 32.1. The number of benzene rings is 2. The predicted octanol–water partition coefficient (Wildman–Crippen LogP) is -0.506. The highest BCUT2D eigenvalue weighted by Crippen LogP contribution is 2.12. The molecule has 2 aromatic rings. The van der Waals surface area contributed by atoms with Crippen LogP contribution in [0.25, 0.3) is 0 Å². The summed E-state index contributed by atoms with van der Waals surface area (Å²) in [5, 5.41) is 13.7. The molecule has 55 heavy (non-hydrogen) atoms. The molecular weight excluding hydrogens is 755 g/mol. The van der Waals surface area contributed by atoms with E-state index < -0.39 is 35.4 Å². The number of rotatable bonds is 23. The Kier molecular flexibility index (Phi) is 25.1. The summed E-state index contributed by atoms with van der Waals surface area (Å²) in [6, 6.07) is 17.1. The number of Topliss-reactive ketones (excluding diaryl/α,β-unsaturated/α-hetero) is 2. The minimum absolute atomic E-state index is 0.0574. The Labute approximate surface area is 327 Å². The number of ketones is 2. The van der Waals surface area contributed by atoms with E-state index in [1.165, 1.54) is 0 Å². The van der Waals surface area contributed by atoms with Crippen LogP contribution in [-0.2, 0) is 38.4 Å². The fraction of sp³-hybridized carbons (Fsp3) is 0.389. The van der Waals surface area contributed by atoms with Crippen LogP contribution in [-0.4, -0.2) is 115 Å². The van der Waals surface area contributed by atoms with Gasteiger partial charge in [-0.1, -0.05) is 97.5 Å². The highest BCUT2D eigenvalue weighted by molar-refractivity contribution is 8.14. The second kappa shape index (κ2) is 29.0. The maximum Gasteiger partial charge on any atom is 0.239 e. The molecule has 0 aliphatic carbocycles. The Morgan fingerprint density at radius 3 is 1.15 bits per heavy atom. The van der Waals surface area contributed by atoms with E-state index in [4.69, 9.17) is 5.73 Å². The van der Waals surface area contributed by atoms with Crippen LogP contribution in [0, 0.1) is 0 Å². The molecule has 19 heteroatoms. The molecule has 0 aliphatic heterocycles. The van der Waals surface area contributed by atoms with Crippen molar-refractivity contribution in [1.82, 2.24) is 31.9 Å². The van der Waals surface area contributed by atoms with Crippen molar-refractivity contribution in [3.8, 4) is 0 Å². The van der Waals surface area contributed by atoms with Gasteiger partial charge in [0, 0.05) is 24.0 Å². The first kappa shape index (κ1) is 47.6. The first-order chi connectivity index (χ1) is 26.3. The van der Waals surface area contributed by atoms with Gasteiger partial charge in [-0.15, -0.1) is 0 Å². The molecule has 6 amide bonds. The van der Waals surface area contributed by atoms with Gasteiger partial charge in [-0.25, -0.2) is 0 Å². The van der Waals surface area contributed by atoms with Crippen molar-refractivity contribution >= 4 is 80.8 Å². The topological polar surface area (TPSA) is 269 Å². The minimum atomic E-state index is -0.564. The van der Waals surface area contributed by atoms with Crippen LogP contribution >= 0.6 is 23.5 Å². The monoisotopic (exact) mass is 801 g/mol. The number of carbonyl (C=O) groups is 10. The van der Waals surface area contributed by atoms with Gasteiger partial charge in [0.05, 0.1) is 50.8 Å². The van der Waals surface area contributed by atoms with Gasteiger partial charge < -0.3 is 37.6 Å². The molecule has 0 radical (unpaired) electrons. The maximum absolute atomic E-state index is 11.9. The number of unbranched alkanes of at least 4 members (excludes halogenated alkanes) is 1. The Hall–Kier alpha value is -5.40. The van der Waals surface area contributed by atoms with Crippen molar-refractivity contribution < 1.29 is 47.9 Å². The molecule has 0 spiro atoms. The molecule has 0 aromatic heterocycles. The molecule has 0 unspecified atom stereocenters. The van der Waals surface area contributed by atoms with Crippen molar-refractivity contribution in [1.29, 1.82) is 0 Å². The number of amides is 6. The van der Waals surface area contributed by atoms with Crippen molar-refractivity contribution in [2.45, 2.75) is 32.6 Å². The third-order valence-electron chi connectivity index (χ3n) is 6.67. The van der Waals surface area contributed by atoms with Crippen LogP contribution < -0.4 is 37.6 Å². The fourth-order valence-corrected chi connectivity index (χ4v) is 5.08. The van der Waals surface area contributed by atoms with Crippen LogP contribution in [0.15, 0.2) is 60.7 Å². The standard InChI is InChI=1S/C19H25N3O5S.C17H22N4O5S/c1-2-3-9-15(23)10-20-16(24)11-21-17(25)12-22-18(26)13-28-19(27)14-7-5-4-6-8-14;18-7-6-13(22)8-19-14(23)9-20-15(24)10-21-16(25)11-27-17(26)12-4-2-1-3-5-12/h4-8H,2-3,9-13H2,1H3,(H,20,24)(H,21,25)(H,22,26);1-5H,6-11,18H2,(H,19,23)(H,20,24)(H,21,25). The highest BCUT2D eigenvalue weighted by atomic mass is 32.2. The molecule has 298 valence electrons. The van der Waals surface area contributed by atoms with Gasteiger partial charge in [-0.3, -0.25) is 47.9 Å². The van der Waals surface area contributed by atoms with Crippen LogP contribution in [0.2, 0.25) is 0 Å². The quantitative estimate of drug-likeness (QED) is 0.0748. The third-order valence-corrected chi connectivity index (χ3v) is 8.48. The molecule has 0 bridgehead atoms. The molecule has 0 saturated carbocycles. The van der Waals surface area contributed by atoms with E-state index in [1.54, 1.807) is 60.7 Å². The van der Waals surface area contributed by atoms with E-state index in [-0.39, 0.29) is 85.5 Å². The Morgan fingerprint density at radius 2 is 0.800 bits per heavy atom. The zero-order valence-electron chi connectivity index (χ0n) is 30.4. The van der Waals surface area contributed by atoms with Gasteiger partial charge in [0.2, 0.25) is 45.7 Å². The Bertz CT molecular complexity index is 1610. The number of carbonyl (C=O) groups excluding carboxylic acids is 10. The average molecular weight is 802 g/mol. The smallest absolute Gasteiger partial charge is 0.239 e. The van der Waals surface area contributed by atoms with Crippen molar-refractivity contribution in [3.05, 3.63) is 71.8 Å². The van der Waals surface area contributed by atoms with Gasteiger partial charge in [0.1, 0.15) is 0 Å². The summed E-state index contributed by atoms with van der Waals surface area (Å²) in [6.45, 7) is 0.761. The summed E-state index contributed by atoms with van der Waals surface area (Å²) in [6.07, 6.45) is 2.27. The number of nitrogens with one attached hydrogen (secondary N) is 6. The average Bonchev–Trinajstić information content (AvgIpc) is 3.20. The lowest BCUT2D eigenvalue weighted by Gasteiger charge is -2.07. The summed E-state index contributed by atoms with van der Waals surface area (Å²) in [5.41, 5.74) is 6.20.